The topological polar surface area (TPSA) is 75.3 Å². The molecule has 0 amide bonds. The summed E-state index contributed by atoms with van der Waals surface area (Å²) in [5.41, 5.74) is 0.705. The van der Waals surface area contributed by atoms with Gasteiger partial charge in [0.05, 0.1) is 0 Å². The lowest BCUT2D eigenvalue weighted by atomic mass is 9.93. The zero-order chi connectivity index (χ0) is 12.4. The van der Waals surface area contributed by atoms with Gasteiger partial charge in [0.2, 0.25) is 5.65 Å². The number of hydrogen-bond acceptors (Lipinski definition) is 5. The first kappa shape index (κ1) is 11.4. The molecule has 1 fully saturated rings. The van der Waals surface area contributed by atoms with Gasteiger partial charge < -0.3 is 10.4 Å². The molecule has 1 saturated carbocycles. The van der Waals surface area contributed by atoms with Crippen LogP contribution in [0, 0.1) is 0 Å². The smallest absolute Gasteiger partial charge is 0.203 e. The van der Waals surface area contributed by atoms with E-state index >= 15 is 0 Å². The number of aliphatic hydroxyl groups is 1. The lowest BCUT2D eigenvalue weighted by Crippen LogP contribution is -2.36. The van der Waals surface area contributed by atoms with Crippen molar-refractivity contribution in [2.75, 3.05) is 11.9 Å². The van der Waals surface area contributed by atoms with Crippen molar-refractivity contribution in [3.8, 4) is 0 Å². The van der Waals surface area contributed by atoms with Gasteiger partial charge in [-0.3, -0.25) is 4.40 Å². The maximum atomic E-state index is 9.25. The monoisotopic (exact) mass is 247 g/mol. The molecule has 0 bridgehead atoms. The van der Waals surface area contributed by atoms with Crippen LogP contribution in [0.1, 0.15) is 32.1 Å². The van der Waals surface area contributed by atoms with Crippen molar-refractivity contribution in [3.05, 3.63) is 18.7 Å². The van der Waals surface area contributed by atoms with E-state index in [1.165, 1.54) is 12.8 Å². The Morgan fingerprint density at radius 3 is 3.00 bits per heavy atom. The zero-order valence-corrected chi connectivity index (χ0v) is 10.2. The van der Waals surface area contributed by atoms with Crippen molar-refractivity contribution >= 4 is 11.5 Å². The Kier molecular flexibility index (Phi) is 2.87. The van der Waals surface area contributed by atoms with Crippen LogP contribution in [-0.4, -0.2) is 36.8 Å². The van der Waals surface area contributed by atoms with Gasteiger partial charge in [0.25, 0.3) is 0 Å². The fourth-order valence-electron chi connectivity index (χ4n) is 2.80. The highest BCUT2D eigenvalue weighted by molar-refractivity contribution is 5.62. The third-order valence-corrected chi connectivity index (χ3v) is 3.75. The Labute approximate surface area is 105 Å². The number of nitrogens with one attached hydrogen (secondary N) is 1. The van der Waals surface area contributed by atoms with E-state index in [2.05, 4.69) is 20.5 Å². The number of rotatable bonds is 4. The first-order valence-electron chi connectivity index (χ1n) is 6.36. The Balaban J connectivity index is 1.92. The SMILES string of the molecule is OCCC1(Nc2nccn3cnnc23)CCCC1. The average molecular weight is 247 g/mol. The van der Waals surface area contributed by atoms with Gasteiger partial charge >= 0.3 is 0 Å². The number of anilines is 1. The van der Waals surface area contributed by atoms with Crippen molar-refractivity contribution < 1.29 is 5.11 Å². The molecule has 2 N–H and O–H groups in total. The molecule has 2 aromatic heterocycles. The molecular weight excluding hydrogens is 230 g/mol. The molecule has 2 heterocycles. The summed E-state index contributed by atoms with van der Waals surface area (Å²) >= 11 is 0. The number of aliphatic hydroxyl groups excluding tert-OH is 1. The minimum Gasteiger partial charge on any atom is -0.396 e. The van der Waals surface area contributed by atoms with Crippen LogP contribution < -0.4 is 5.32 Å². The zero-order valence-electron chi connectivity index (χ0n) is 10.2. The first-order valence-corrected chi connectivity index (χ1v) is 6.36. The van der Waals surface area contributed by atoms with Crippen LogP contribution in [0.15, 0.2) is 18.7 Å². The third-order valence-electron chi connectivity index (χ3n) is 3.75. The summed E-state index contributed by atoms with van der Waals surface area (Å²) in [6.45, 7) is 0.197. The van der Waals surface area contributed by atoms with Crippen molar-refractivity contribution in [2.24, 2.45) is 0 Å². The largest absolute Gasteiger partial charge is 0.396 e. The number of fused-ring (bicyclic) bond motifs is 1. The van der Waals surface area contributed by atoms with Gasteiger partial charge in [-0.1, -0.05) is 12.8 Å². The Hall–Kier alpha value is -1.69. The number of aromatic nitrogens is 4. The molecular formula is C12H17N5O. The van der Waals surface area contributed by atoms with E-state index in [9.17, 15) is 5.11 Å². The van der Waals surface area contributed by atoms with Crippen LogP contribution in [0.3, 0.4) is 0 Å². The molecule has 0 unspecified atom stereocenters. The normalized spacial score (nSPS) is 18.3. The summed E-state index contributed by atoms with van der Waals surface area (Å²) < 4.78 is 1.84. The molecule has 6 heteroatoms. The van der Waals surface area contributed by atoms with Crippen LogP contribution in [0.5, 0.6) is 0 Å². The van der Waals surface area contributed by atoms with Crippen LogP contribution in [0.4, 0.5) is 5.82 Å². The molecule has 0 aliphatic heterocycles. The standard InChI is InChI=1S/C12H17N5O/c18-8-5-12(3-1-2-4-12)15-10-11-16-14-9-17(11)7-6-13-10/h6-7,9,18H,1-5,8H2,(H,13,15). The molecule has 0 saturated heterocycles. The molecule has 18 heavy (non-hydrogen) atoms. The summed E-state index contributed by atoms with van der Waals surface area (Å²) in [6.07, 6.45) is 10.5. The molecule has 1 aliphatic rings. The fraction of sp³-hybridized carbons (Fsp3) is 0.583. The molecule has 3 rings (SSSR count). The first-order chi connectivity index (χ1) is 8.83. The molecule has 6 nitrogen and oxygen atoms in total. The van der Waals surface area contributed by atoms with Gasteiger partial charge in [-0.25, -0.2) is 4.98 Å². The Morgan fingerprint density at radius 1 is 1.39 bits per heavy atom. The van der Waals surface area contributed by atoms with E-state index in [4.69, 9.17) is 0 Å². The summed E-state index contributed by atoms with van der Waals surface area (Å²) in [5.74, 6) is 0.755. The summed E-state index contributed by atoms with van der Waals surface area (Å²) in [7, 11) is 0. The third kappa shape index (κ3) is 1.92. The van der Waals surface area contributed by atoms with Gasteiger partial charge in [-0.2, -0.15) is 0 Å². The van der Waals surface area contributed by atoms with E-state index in [-0.39, 0.29) is 12.1 Å². The van der Waals surface area contributed by atoms with Crippen molar-refractivity contribution in [1.29, 1.82) is 0 Å². The quantitative estimate of drug-likeness (QED) is 0.850. The van der Waals surface area contributed by atoms with Crippen molar-refractivity contribution in [1.82, 2.24) is 19.6 Å². The van der Waals surface area contributed by atoms with Crippen LogP contribution in [-0.2, 0) is 0 Å². The van der Waals surface area contributed by atoms with E-state index in [0.717, 1.165) is 30.7 Å². The average Bonchev–Trinajstić information content (AvgIpc) is 2.99. The van der Waals surface area contributed by atoms with Gasteiger partial charge in [-0.05, 0) is 19.3 Å². The predicted octanol–water partition coefficient (Wildman–Crippen LogP) is 1.23. The van der Waals surface area contributed by atoms with Gasteiger partial charge in [0, 0.05) is 24.5 Å². The Bertz CT molecular complexity index is 532. The fourth-order valence-corrected chi connectivity index (χ4v) is 2.80. The van der Waals surface area contributed by atoms with E-state index in [0.29, 0.717) is 0 Å². The number of hydrogen-bond donors (Lipinski definition) is 2. The molecule has 96 valence electrons. The molecule has 0 atom stereocenters. The molecule has 0 spiro atoms. The molecule has 0 radical (unpaired) electrons. The van der Waals surface area contributed by atoms with Gasteiger partial charge in [-0.15, -0.1) is 10.2 Å². The van der Waals surface area contributed by atoms with Crippen LogP contribution in [0.25, 0.3) is 5.65 Å². The second-order valence-electron chi connectivity index (χ2n) is 4.92. The van der Waals surface area contributed by atoms with E-state index in [1.807, 2.05) is 10.6 Å². The Morgan fingerprint density at radius 2 is 2.22 bits per heavy atom. The van der Waals surface area contributed by atoms with Crippen molar-refractivity contribution in [3.63, 3.8) is 0 Å². The second kappa shape index (κ2) is 4.53. The van der Waals surface area contributed by atoms with Crippen LogP contribution >= 0.6 is 0 Å². The second-order valence-corrected chi connectivity index (χ2v) is 4.92. The van der Waals surface area contributed by atoms with E-state index in [1.54, 1.807) is 12.5 Å². The number of nitrogens with zero attached hydrogens (tertiary/aromatic N) is 4. The van der Waals surface area contributed by atoms with Gasteiger partial charge in [0.15, 0.2) is 5.82 Å². The highest BCUT2D eigenvalue weighted by Crippen LogP contribution is 2.35. The highest BCUT2D eigenvalue weighted by atomic mass is 16.3. The predicted molar refractivity (Wildman–Crippen MR) is 67.3 cm³/mol. The van der Waals surface area contributed by atoms with Crippen LogP contribution in [0.2, 0.25) is 0 Å². The minimum absolute atomic E-state index is 0.0322. The summed E-state index contributed by atoms with van der Waals surface area (Å²) in [5, 5.41) is 20.7. The molecule has 0 aromatic carbocycles. The summed E-state index contributed by atoms with van der Waals surface area (Å²) in [4.78, 5) is 4.35. The maximum absolute atomic E-state index is 9.25. The summed E-state index contributed by atoms with van der Waals surface area (Å²) in [6, 6.07) is 0. The molecule has 2 aromatic rings. The minimum atomic E-state index is -0.0322. The van der Waals surface area contributed by atoms with E-state index < -0.39 is 0 Å². The van der Waals surface area contributed by atoms with Crippen molar-refractivity contribution in [2.45, 2.75) is 37.6 Å². The lowest BCUT2D eigenvalue weighted by molar-refractivity contribution is 0.249. The maximum Gasteiger partial charge on any atom is 0.203 e. The molecule has 1 aliphatic carbocycles. The lowest BCUT2D eigenvalue weighted by Gasteiger charge is -2.30. The van der Waals surface area contributed by atoms with Gasteiger partial charge in [0.1, 0.15) is 6.33 Å². The highest BCUT2D eigenvalue weighted by Gasteiger charge is 2.34.